The summed E-state index contributed by atoms with van der Waals surface area (Å²) in [7, 11) is 0. The highest BCUT2D eigenvalue weighted by Crippen LogP contribution is 2.35. The molecule has 5 heteroatoms. The van der Waals surface area contributed by atoms with Crippen molar-refractivity contribution in [1.29, 1.82) is 0 Å². The Labute approximate surface area is 191 Å². The van der Waals surface area contributed by atoms with Gasteiger partial charge in [-0.1, -0.05) is 66.7 Å². The van der Waals surface area contributed by atoms with Crippen LogP contribution in [0, 0.1) is 0 Å². The van der Waals surface area contributed by atoms with Crippen LogP contribution in [0.4, 0.5) is 5.69 Å². The Morgan fingerprint density at radius 3 is 2.16 bits per heavy atom. The highest BCUT2D eigenvalue weighted by Gasteiger charge is 2.33. The molecule has 0 bridgehead atoms. The lowest BCUT2D eigenvalue weighted by molar-refractivity contribution is -0.122. The zero-order valence-electron chi connectivity index (χ0n) is 17.3. The van der Waals surface area contributed by atoms with Gasteiger partial charge in [0.1, 0.15) is 0 Å². The van der Waals surface area contributed by atoms with Crippen LogP contribution >= 0.6 is 11.8 Å². The molecule has 2 heterocycles. The number of thioether (sulfide) groups is 1. The van der Waals surface area contributed by atoms with E-state index in [4.69, 9.17) is 4.99 Å². The second-order valence-electron chi connectivity index (χ2n) is 7.36. The number of rotatable bonds is 5. The number of nitrogens with zero attached hydrogens (tertiary/aromatic N) is 3. The molecule has 0 saturated carbocycles. The summed E-state index contributed by atoms with van der Waals surface area (Å²) in [5, 5.41) is 0.689. The van der Waals surface area contributed by atoms with Gasteiger partial charge in [-0.3, -0.25) is 9.69 Å². The van der Waals surface area contributed by atoms with E-state index in [-0.39, 0.29) is 5.91 Å². The third kappa shape index (κ3) is 4.29. The molecule has 0 N–H and O–H groups in total. The van der Waals surface area contributed by atoms with Gasteiger partial charge in [0.2, 0.25) is 0 Å². The molecule has 1 amide bonds. The molecular formula is C27H21N3OS. The van der Waals surface area contributed by atoms with Crippen LogP contribution in [0.2, 0.25) is 0 Å². The number of para-hydroxylation sites is 2. The van der Waals surface area contributed by atoms with Crippen LogP contribution in [0.3, 0.4) is 0 Å². The minimum atomic E-state index is -0.0330. The molecular weight excluding hydrogens is 414 g/mol. The Morgan fingerprint density at radius 1 is 0.781 bits per heavy atom. The summed E-state index contributed by atoms with van der Waals surface area (Å²) in [5.74, 6) is -0.0330. The number of amidine groups is 1. The summed E-state index contributed by atoms with van der Waals surface area (Å²) in [6.07, 6.45) is 3.96. The first-order valence-electron chi connectivity index (χ1n) is 10.4. The maximum Gasteiger partial charge on any atom is 0.267 e. The van der Waals surface area contributed by atoms with E-state index in [0.717, 1.165) is 22.6 Å². The van der Waals surface area contributed by atoms with Crippen molar-refractivity contribution in [2.45, 2.75) is 6.54 Å². The number of aromatic nitrogens is 1. The second kappa shape index (κ2) is 9.12. The minimum absolute atomic E-state index is 0.0330. The summed E-state index contributed by atoms with van der Waals surface area (Å²) in [5.41, 5.74) is 3.90. The first-order valence-corrected chi connectivity index (χ1v) is 11.2. The van der Waals surface area contributed by atoms with Crippen molar-refractivity contribution in [3.63, 3.8) is 0 Å². The molecule has 1 aliphatic rings. The maximum atomic E-state index is 13.4. The molecule has 3 aromatic carbocycles. The van der Waals surface area contributed by atoms with E-state index < -0.39 is 0 Å². The van der Waals surface area contributed by atoms with Crippen molar-refractivity contribution >= 4 is 34.6 Å². The van der Waals surface area contributed by atoms with Gasteiger partial charge < -0.3 is 4.57 Å². The van der Waals surface area contributed by atoms with Gasteiger partial charge in [-0.15, -0.1) is 0 Å². The summed E-state index contributed by atoms with van der Waals surface area (Å²) in [4.78, 5) is 20.6. The minimum Gasteiger partial charge on any atom is -0.317 e. The maximum absolute atomic E-state index is 13.4. The molecule has 0 atom stereocenters. The van der Waals surface area contributed by atoms with Gasteiger partial charge in [-0.05, 0) is 59.8 Å². The summed E-state index contributed by atoms with van der Waals surface area (Å²) in [6.45, 7) is 0.482. The van der Waals surface area contributed by atoms with Gasteiger partial charge in [0, 0.05) is 17.6 Å². The molecule has 0 radical (unpaired) electrons. The summed E-state index contributed by atoms with van der Waals surface area (Å²) >= 11 is 1.42. The van der Waals surface area contributed by atoms with Crippen molar-refractivity contribution in [2.75, 3.05) is 0 Å². The fourth-order valence-electron chi connectivity index (χ4n) is 3.58. The second-order valence-corrected chi connectivity index (χ2v) is 8.37. The standard InChI is InChI=1S/C27H21N3OS/c31-26-25(19-24-17-10-18-29(24)23-15-8-3-9-16-23)32-27(28-22-13-6-2-7-14-22)30(26)20-21-11-4-1-5-12-21/h1-19H,20H2/b25-19-,28-27?. The van der Waals surface area contributed by atoms with Gasteiger partial charge in [0.25, 0.3) is 5.91 Å². The molecule has 32 heavy (non-hydrogen) atoms. The first-order chi connectivity index (χ1) is 15.8. The zero-order chi connectivity index (χ0) is 21.8. The third-order valence-electron chi connectivity index (χ3n) is 5.15. The number of carbonyl (C=O) groups excluding carboxylic acids is 1. The van der Waals surface area contributed by atoms with Gasteiger partial charge >= 0.3 is 0 Å². The Morgan fingerprint density at radius 2 is 1.44 bits per heavy atom. The molecule has 1 saturated heterocycles. The Hall–Kier alpha value is -3.83. The fraction of sp³-hybridized carbons (Fsp3) is 0.0370. The molecule has 156 valence electrons. The van der Waals surface area contributed by atoms with Crippen molar-refractivity contribution in [1.82, 2.24) is 9.47 Å². The van der Waals surface area contributed by atoms with Crippen LogP contribution in [-0.2, 0) is 11.3 Å². The van der Waals surface area contributed by atoms with Crippen molar-refractivity contribution in [3.8, 4) is 5.69 Å². The Kier molecular flexibility index (Phi) is 5.73. The largest absolute Gasteiger partial charge is 0.317 e. The normalized spacial score (nSPS) is 16.2. The van der Waals surface area contributed by atoms with Gasteiger partial charge in [0.05, 0.1) is 17.1 Å². The van der Waals surface area contributed by atoms with E-state index in [0.29, 0.717) is 16.6 Å². The fourth-order valence-corrected chi connectivity index (χ4v) is 4.56. The Bertz CT molecular complexity index is 1280. The van der Waals surface area contributed by atoms with Crippen LogP contribution in [0.5, 0.6) is 0 Å². The summed E-state index contributed by atoms with van der Waals surface area (Å²) in [6, 6.07) is 33.9. The Balaban J connectivity index is 1.51. The molecule has 0 spiro atoms. The van der Waals surface area contributed by atoms with Crippen LogP contribution in [0.1, 0.15) is 11.3 Å². The molecule has 4 nitrogen and oxygen atoms in total. The van der Waals surface area contributed by atoms with Gasteiger partial charge in [0.15, 0.2) is 5.17 Å². The van der Waals surface area contributed by atoms with E-state index in [1.165, 1.54) is 11.8 Å². The number of hydrogen-bond acceptors (Lipinski definition) is 3. The van der Waals surface area contributed by atoms with E-state index in [1.807, 2.05) is 103 Å². The van der Waals surface area contributed by atoms with Crippen molar-refractivity contribution in [3.05, 3.63) is 125 Å². The number of benzene rings is 3. The van der Waals surface area contributed by atoms with Gasteiger partial charge in [-0.25, -0.2) is 4.99 Å². The monoisotopic (exact) mass is 435 g/mol. The predicted octanol–water partition coefficient (Wildman–Crippen LogP) is 6.28. The lowest BCUT2D eigenvalue weighted by Gasteiger charge is -2.15. The average molecular weight is 436 g/mol. The smallest absolute Gasteiger partial charge is 0.267 e. The molecule has 0 unspecified atom stereocenters. The molecule has 5 rings (SSSR count). The highest BCUT2D eigenvalue weighted by atomic mass is 32.2. The molecule has 1 aliphatic heterocycles. The van der Waals surface area contributed by atoms with Crippen molar-refractivity contribution in [2.24, 2.45) is 4.99 Å². The number of hydrogen-bond donors (Lipinski definition) is 0. The first kappa shape index (κ1) is 20.1. The number of carbonyl (C=O) groups is 1. The SMILES string of the molecule is O=C1/C(=C/c2cccn2-c2ccccc2)SC(=Nc2ccccc2)N1Cc1ccccc1. The number of aliphatic imine (C=N–C) groups is 1. The number of amides is 1. The quantitative estimate of drug-likeness (QED) is 0.346. The van der Waals surface area contributed by atoms with E-state index >= 15 is 0 Å². The van der Waals surface area contributed by atoms with E-state index in [2.05, 4.69) is 16.7 Å². The average Bonchev–Trinajstić information content (AvgIpc) is 3.41. The predicted molar refractivity (Wildman–Crippen MR) is 132 cm³/mol. The highest BCUT2D eigenvalue weighted by molar-refractivity contribution is 8.18. The van der Waals surface area contributed by atoms with Crippen LogP contribution in [-0.4, -0.2) is 20.5 Å². The van der Waals surface area contributed by atoms with Crippen molar-refractivity contribution < 1.29 is 4.79 Å². The van der Waals surface area contributed by atoms with Crippen LogP contribution in [0.15, 0.2) is 119 Å². The molecule has 1 aromatic heterocycles. The van der Waals surface area contributed by atoms with Crippen LogP contribution in [0.25, 0.3) is 11.8 Å². The molecule has 4 aromatic rings. The lowest BCUT2D eigenvalue weighted by atomic mass is 10.2. The molecule has 1 fully saturated rings. The van der Waals surface area contributed by atoms with Crippen LogP contribution < -0.4 is 0 Å². The lowest BCUT2D eigenvalue weighted by Crippen LogP contribution is -2.28. The molecule has 0 aliphatic carbocycles. The van der Waals surface area contributed by atoms with E-state index in [9.17, 15) is 4.79 Å². The topological polar surface area (TPSA) is 37.6 Å². The third-order valence-corrected chi connectivity index (χ3v) is 6.15. The van der Waals surface area contributed by atoms with Gasteiger partial charge in [-0.2, -0.15) is 0 Å². The zero-order valence-corrected chi connectivity index (χ0v) is 18.2. The van der Waals surface area contributed by atoms with E-state index in [1.54, 1.807) is 4.90 Å². The summed E-state index contributed by atoms with van der Waals surface area (Å²) < 4.78 is 2.08.